The number of nitrogens with zero attached hydrogens (tertiary/aromatic N) is 2. The summed E-state index contributed by atoms with van der Waals surface area (Å²) in [6.45, 7) is 4.31. The SMILES string of the molecule is c1ccc2nc(N3CCCNCC3)ccc2c1. The molecule has 3 heteroatoms. The van der Waals surface area contributed by atoms with Gasteiger partial charge in [-0.05, 0) is 31.2 Å². The van der Waals surface area contributed by atoms with Gasteiger partial charge in [0.05, 0.1) is 5.52 Å². The minimum absolute atomic E-state index is 1.05. The molecule has 0 bridgehead atoms. The number of fused-ring (bicyclic) bond motifs is 1. The quantitative estimate of drug-likeness (QED) is 0.808. The summed E-state index contributed by atoms with van der Waals surface area (Å²) >= 11 is 0. The summed E-state index contributed by atoms with van der Waals surface area (Å²) in [5.41, 5.74) is 1.09. The van der Waals surface area contributed by atoms with Gasteiger partial charge in [0.25, 0.3) is 0 Å². The maximum atomic E-state index is 4.74. The number of anilines is 1. The zero-order valence-corrected chi connectivity index (χ0v) is 9.89. The number of nitrogens with one attached hydrogen (secondary N) is 1. The van der Waals surface area contributed by atoms with Gasteiger partial charge >= 0.3 is 0 Å². The minimum Gasteiger partial charge on any atom is -0.355 e. The van der Waals surface area contributed by atoms with Crippen LogP contribution in [0.5, 0.6) is 0 Å². The van der Waals surface area contributed by atoms with E-state index in [1.54, 1.807) is 0 Å². The average Bonchev–Trinajstić information content (AvgIpc) is 2.67. The largest absolute Gasteiger partial charge is 0.355 e. The van der Waals surface area contributed by atoms with Crippen LogP contribution >= 0.6 is 0 Å². The van der Waals surface area contributed by atoms with Gasteiger partial charge in [0.15, 0.2) is 0 Å². The molecule has 1 fully saturated rings. The molecule has 0 radical (unpaired) electrons. The van der Waals surface area contributed by atoms with Crippen molar-refractivity contribution in [3.63, 3.8) is 0 Å². The van der Waals surface area contributed by atoms with Gasteiger partial charge < -0.3 is 10.2 Å². The lowest BCUT2D eigenvalue weighted by atomic mass is 10.2. The summed E-state index contributed by atoms with van der Waals surface area (Å²) < 4.78 is 0. The number of hydrogen-bond acceptors (Lipinski definition) is 3. The summed E-state index contributed by atoms with van der Waals surface area (Å²) in [5.74, 6) is 1.10. The molecule has 0 atom stereocenters. The third-order valence-electron chi connectivity index (χ3n) is 3.25. The van der Waals surface area contributed by atoms with Gasteiger partial charge in [-0.2, -0.15) is 0 Å². The van der Waals surface area contributed by atoms with E-state index in [0.717, 1.165) is 37.5 Å². The molecule has 1 saturated heterocycles. The Bertz CT molecular complexity index is 502. The fourth-order valence-electron chi connectivity index (χ4n) is 2.31. The summed E-state index contributed by atoms with van der Waals surface area (Å²) in [7, 11) is 0. The van der Waals surface area contributed by atoms with Crippen LogP contribution in [0.25, 0.3) is 10.9 Å². The predicted octanol–water partition coefficient (Wildman–Crippen LogP) is 2.03. The third-order valence-corrected chi connectivity index (χ3v) is 3.25. The highest BCUT2D eigenvalue weighted by Crippen LogP contribution is 2.18. The van der Waals surface area contributed by atoms with Crippen LogP contribution in [-0.4, -0.2) is 31.2 Å². The highest BCUT2D eigenvalue weighted by atomic mass is 15.2. The first kappa shape index (κ1) is 10.5. The van der Waals surface area contributed by atoms with Crippen molar-refractivity contribution in [1.82, 2.24) is 10.3 Å². The molecule has 3 nitrogen and oxygen atoms in total. The fourth-order valence-corrected chi connectivity index (χ4v) is 2.31. The Morgan fingerprint density at radius 2 is 1.94 bits per heavy atom. The van der Waals surface area contributed by atoms with E-state index in [-0.39, 0.29) is 0 Å². The van der Waals surface area contributed by atoms with E-state index in [0.29, 0.717) is 0 Å². The zero-order valence-electron chi connectivity index (χ0n) is 9.89. The van der Waals surface area contributed by atoms with Crippen molar-refractivity contribution in [3.8, 4) is 0 Å². The molecule has 2 aromatic rings. The topological polar surface area (TPSA) is 28.2 Å². The zero-order chi connectivity index (χ0) is 11.5. The standard InChI is InChI=1S/C14H17N3/c1-2-5-13-12(4-1)6-7-14(16-13)17-10-3-8-15-9-11-17/h1-2,4-7,15H,3,8-11H2. The summed E-state index contributed by atoms with van der Waals surface area (Å²) in [5, 5.41) is 4.63. The van der Waals surface area contributed by atoms with E-state index >= 15 is 0 Å². The molecular formula is C14H17N3. The Kier molecular flexibility index (Phi) is 2.92. The predicted molar refractivity (Wildman–Crippen MR) is 71.4 cm³/mol. The highest BCUT2D eigenvalue weighted by Gasteiger charge is 2.10. The minimum atomic E-state index is 1.05. The van der Waals surface area contributed by atoms with Crippen LogP contribution < -0.4 is 10.2 Å². The van der Waals surface area contributed by atoms with Crippen molar-refractivity contribution < 1.29 is 0 Å². The second-order valence-corrected chi connectivity index (χ2v) is 4.45. The molecule has 1 aliphatic rings. The molecule has 0 amide bonds. The molecule has 88 valence electrons. The van der Waals surface area contributed by atoms with Gasteiger partial charge in [0.1, 0.15) is 5.82 Å². The molecule has 2 heterocycles. The first-order valence-corrected chi connectivity index (χ1v) is 6.25. The van der Waals surface area contributed by atoms with Crippen molar-refractivity contribution in [3.05, 3.63) is 36.4 Å². The lowest BCUT2D eigenvalue weighted by Gasteiger charge is -2.21. The van der Waals surface area contributed by atoms with Crippen LogP contribution in [0.4, 0.5) is 5.82 Å². The number of para-hydroxylation sites is 1. The number of hydrogen-bond donors (Lipinski definition) is 1. The number of pyridine rings is 1. The number of benzene rings is 1. The van der Waals surface area contributed by atoms with Crippen LogP contribution in [0, 0.1) is 0 Å². The Labute approximate surface area is 101 Å². The Morgan fingerprint density at radius 3 is 2.94 bits per heavy atom. The molecule has 17 heavy (non-hydrogen) atoms. The Morgan fingerprint density at radius 1 is 1.00 bits per heavy atom. The molecule has 1 aromatic heterocycles. The summed E-state index contributed by atoms with van der Waals surface area (Å²) in [6.07, 6.45) is 1.19. The molecule has 1 N–H and O–H groups in total. The van der Waals surface area contributed by atoms with E-state index < -0.39 is 0 Å². The van der Waals surface area contributed by atoms with Gasteiger partial charge in [-0.15, -0.1) is 0 Å². The van der Waals surface area contributed by atoms with Gasteiger partial charge in [0.2, 0.25) is 0 Å². The van der Waals surface area contributed by atoms with Gasteiger partial charge in [0, 0.05) is 25.0 Å². The molecule has 0 aliphatic carbocycles. The Balaban J connectivity index is 1.93. The number of rotatable bonds is 1. The fraction of sp³-hybridized carbons (Fsp3) is 0.357. The van der Waals surface area contributed by atoms with E-state index in [1.807, 2.05) is 6.07 Å². The van der Waals surface area contributed by atoms with Gasteiger partial charge in [-0.25, -0.2) is 4.98 Å². The highest BCUT2D eigenvalue weighted by molar-refractivity contribution is 5.80. The second-order valence-electron chi connectivity index (χ2n) is 4.45. The molecule has 0 unspecified atom stereocenters. The first-order chi connectivity index (χ1) is 8.43. The number of aromatic nitrogens is 1. The maximum absolute atomic E-state index is 4.74. The average molecular weight is 227 g/mol. The van der Waals surface area contributed by atoms with Crippen LogP contribution in [-0.2, 0) is 0 Å². The lowest BCUT2D eigenvalue weighted by Crippen LogP contribution is -2.28. The summed E-state index contributed by atoms with van der Waals surface area (Å²) in [4.78, 5) is 7.11. The van der Waals surface area contributed by atoms with E-state index in [2.05, 4.69) is 40.5 Å². The second kappa shape index (κ2) is 4.72. The smallest absolute Gasteiger partial charge is 0.129 e. The molecule has 1 aromatic carbocycles. The monoisotopic (exact) mass is 227 g/mol. The lowest BCUT2D eigenvalue weighted by molar-refractivity contribution is 0.724. The van der Waals surface area contributed by atoms with Crippen LogP contribution in [0.2, 0.25) is 0 Å². The van der Waals surface area contributed by atoms with Crippen molar-refractivity contribution in [2.24, 2.45) is 0 Å². The van der Waals surface area contributed by atoms with Crippen molar-refractivity contribution >= 4 is 16.7 Å². The molecular weight excluding hydrogens is 210 g/mol. The van der Waals surface area contributed by atoms with E-state index in [1.165, 1.54) is 11.8 Å². The van der Waals surface area contributed by atoms with Crippen molar-refractivity contribution in [2.75, 3.05) is 31.1 Å². The normalized spacial score (nSPS) is 17.1. The Hall–Kier alpha value is -1.61. The molecule has 0 spiro atoms. The van der Waals surface area contributed by atoms with Gasteiger partial charge in [-0.3, -0.25) is 0 Å². The first-order valence-electron chi connectivity index (χ1n) is 6.25. The molecule has 3 rings (SSSR count). The van der Waals surface area contributed by atoms with E-state index in [4.69, 9.17) is 4.98 Å². The van der Waals surface area contributed by atoms with Crippen molar-refractivity contribution in [2.45, 2.75) is 6.42 Å². The third kappa shape index (κ3) is 2.24. The van der Waals surface area contributed by atoms with Gasteiger partial charge in [-0.1, -0.05) is 18.2 Å². The van der Waals surface area contributed by atoms with E-state index in [9.17, 15) is 0 Å². The maximum Gasteiger partial charge on any atom is 0.129 e. The molecule has 1 aliphatic heterocycles. The van der Waals surface area contributed by atoms with Crippen LogP contribution in [0.1, 0.15) is 6.42 Å². The summed E-state index contributed by atoms with van der Waals surface area (Å²) in [6, 6.07) is 12.6. The van der Waals surface area contributed by atoms with Crippen molar-refractivity contribution in [1.29, 1.82) is 0 Å². The molecule has 0 saturated carbocycles. The van der Waals surface area contributed by atoms with Crippen LogP contribution in [0.3, 0.4) is 0 Å². The van der Waals surface area contributed by atoms with Crippen LogP contribution in [0.15, 0.2) is 36.4 Å².